The number of amides is 2. The van der Waals surface area contributed by atoms with Gasteiger partial charge in [0.2, 0.25) is 21.8 Å². The minimum absolute atomic E-state index is 0.0233. The summed E-state index contributed by atoms with van der Waals surface area (Å²) in [7, 11) is -3.83. The lowest BCUT2D eigenvalue weighted by Crippen LogP contribution is -2.54. The highest BCUT2D eigenvalue weighted by molar-refractivity contribution is 14.1. The van der Waals surface area contributed by atoms with E-state index in [1.165, 1.54) is 4.90 Å². The van der Waals surface area contributed by atoms with Crippen molar-refractivity contribution in [2.45, 2.75) is 45.3 Å². The summed E-state index contributed by atoms with van der Waals surface area (Å²) in [5, 5.41) is 3.77. The van der Waals surface area contributed by atoms with Gasteiger partial charge >= 0.3 is 0 Å². The first-order valence-electron chi connectivity index (χ1n) is 12.7. The van der Waals surface area contributed by atoms with Gasteiger partial charge in [-0.15, -0.1) is 0 Å². The number of halogens is 3. The highest BCUT2D eigenvalue weighted by Crippen LogP contribution is 2.25. The van der Waals surface area contributed by atoms with Crippen molar-refractivity contribution in [1.29, 1.82) is 0 Å². The second kappa shape index (κ2) is 14.5. The van der Waals surface area contributed by atoms with Crippen LogP contribution in [0.3, 0.4) is 0 Å². The minimum atomic E-state index is -3.83. The normalized spacial score (nSPS) is 12.8. The zero-order valence-corrected chi connectivity index (χ0v) is 27.0. The molecule has 0 unspecified atom stereocenters. The van der Waals surface area contributed by atoms with Gasteiger partial charge in [0.1, 0.15) is 12.6 Å². The minimum Gasteiger partial charge on any atom is -0.352 e. The fraction of sp³-hybridized carbons (Fsp3) is 0.310. The number of carbonyl (C=O) groups is 2. The summed E-state index contributed by atoms with van der Waals surface area (Å²) >= 11 is 14.7. The average Bonchev–Trinajstić information content (AvgIpc) is 2.90. The molecule has 11 heteroatoms. The maximum atomic E-state index is 14.1. The molecule has 0 heterocycles. The van der Waals surface area contributed by atoms with Crippen molar-refractivity contribution in [3.8, 4) is 0 Å². The van der Waals surface area contributed by atoms with Crippen molar-refractivity contribution >= 4 is 73.3 Å². The van der Waals surface area contributed by atoms with Crippen LogP contribution in [0.15, 0.2) is 72.8 Å². The third kappa shape index (κ3) is 9.09. The lowest BCUT2D eigenvalue weighted by Gasteiger charge is -2.34. The molecule has 0 saturated heterocycles. The lowest BCUT2D eigenvalue weighted by molar-refractivity contribution is -0.140. The molecule has 3 rings (SSSR count). The van der Waals surface area contributed by atoms with Crippen LogP contribution in [0.2, 0.25) is 10.0 Å². The molecule has 40 heavy (non-hydrogen) atoms. The summed E-state index contributed by atoms with van der Waals surface area (Å²) in [5.41, 5.74) is 1.78. The number of nitrogens with zero attached hydrogens (tertiary/aromatic N) is 2. The Bertz CT molecular complexity index is 1420. The van der Waals surface area contributed by atoms with Gasteiger partial charge in [-0.05, 0) is 83.5 Å². The zero-order valence-electron chi connectivity index (χ0n) is 22.5. The van der Waals surface area contributed by atoms with Crippen LogP contribution < -0.4 is 9.62 Å². The summed E-state index contributed by atoms with van der Waals surface area (Å²) in [4.78, 5) is 29.2. The third-order valence-electron chi connectivity index (χ3n) is 6.42. The van der Waals surface area contributed by atoms with Gasteiger partial charge in [-0.3, -0.25) is 13.9 Å². The van der Waals surface area contributed by atoms with Gasteiger partial charge in [0.15, 0.2) is 0 Å². The Kier molecular flexibility index (Phi) is 11.7. The smallest absolute Gasteiger partial charge is 0.244 e. The predicted molar refractivity (Wildman–Crippen MR) is 170 cm³/mol. The molecule has 0 aromatic heterocycles. The first-order chi connectivity index (χ1) is 18.9. The van der Waals surface area contributed by atoms with E-state index >= 15 is 0 Å². The molecule has 0 fully saturated rings. The van der Waals surface area contributed by atoms with E-state index in [1.807, 2.05) is 44.2 Å². The van der Waals surface area contributed by atoms with Crippen molar-refractivity contribution in [2.75, 3.05) is 17.1 Å². The summed E-state index contributed by atoms with van der Waals surface area (Å²) in [6.45, 7) is 3.33. The molecule has 0 spiro atoms. The van der Waals surface area contributed by atoms with E-state index < -0.39 is 28.5 Å². The summed E-state index contributed by atoms with van der Waals surface area (Å²) in [5.74, 6) is -0.882. The van der Waals surface area contributed by atoms with Gasteiger partial charge in [-0.25, -0.2) is 8.42 Å². The van der Waals surface area contributed by atoms with Crippen LogP contribution in [-0.4, -0.2) is 50.0 Å². The Morgan fingerprint density at radius 3 is 2.23 bits per heavy atom. The van der Waals surface area contributed by atoms with E-state index in [9.17, 15) is 18.0 Å². The molecule has 0 saturated carbocycles. The second-order valence-electron chi connectivity index (χ2n) is 9.53. The zero-order chi connectivity index (χ0) is 29.4. The first-order valence-corrected chi connectivity index (χ1v) is 16.4. The Balaban J connectivity index is 2.08. The predicted octanol–water partition coefficient (Wildman–Crippen LogP) is 5.92. The fourth-order valence-corrected chi connectivity index (χ4v) is 5.73. The van der Waals surface area contributed by atoms with Crippen molar-refractivity contribution in [3.05, 3.63) is 97.5 Å². The molecule has 0 bridgehead atoms. The van der Waals surface area contributed by atoms with E-state index in [-0.39, 0.29) is 24.9 Å². The summed E-state index contributed by atoms with van der Waals surface area (Å²) in [6.07, 6.45) is 1.98. The molecule has 7 nitrogen and oxygen atoms in total. The van der Waals surface area contributed by atoms with Gasteiger partial charge in [0.25, 0.3) is 0 Å². The summed E-state index contributed by atoms with van der Waals surface area (Å²) in [6, 6.07) is 20.1. The molecule has 3 aromatic carbocycles. The first kappa shape index (κ1) is 32.2. The van der Waals surface area contributed by atoms with Gasteiger partial charge in [-0.2, -0.15) is 0 Å². The molecule has 1 N–H and O–H groups in total. The van der Waals surface area contributed by atoms with Crippen LogP contribution in [0.25, 0.3) is 0 Å². The number of sulfonamides is 1. The SMILES string of the molecule is CC[C@@H](C)NC(=O)[C@@H](Cc1ccccc1)N(Cc1ccc(Cl)cc1Cl)C(=O)CN(c1ccc(I)cc1)S(C)(=O)=O. The number of rotatable bonds is 12. The Labute approximate surface area is 260 Å². The standard InChI is InChI=1S/C29H32Cl2IN3O4S/c1-4-20(2)33-29(37)27(16-21-8-6-5-7-9-21)34(18-22-10-11-23(30)17-26(22)31)28(36)19-35(40(3,38)39)25-14-12-24(32)13-15-25/h5-15,17,20,27H,4,16,18-19H2,1-3H3,(H,33,37)/t20-,27-/m1/s1. The van der Waals surface area contributed by atoms with E-state index in [0.29, 0.717) is 27.7 Å². The van der Waals surface area contributed by atoms with Crippen molar-refractivity contribution < 1.29 is 18.0 Å². The molecule has 214 valence electrons. The molecule has 3 aromatic rings. The van der Waals surface area contributed by atoms with Crippen molar-refractivity contribution in [3.63, 3.8) is 0 Å². The van der Waals surface area contributed by atoms with E-state index in [0.717, 1.165) is 19.7 Å². The quantitative estimate of drug-likeness (QED) is 0.236. The number of benzene rings is 3. The molecule has 0 aliphatic carbocycles. The lowest BCUT2D eigenvalue weighted by atomic mass is 10.0. The number of nitrogens with one attached hydrogen (secondary N) is 1. The molecule has 0 radical (unpaired) electrons. The fourth-order valence-electron chi connectivity index (χ4n) is 4.05. The molecular formula is C29H32Cl2IN3O4S. The monoisotopic (exact) mass is 715 g/mol. The van der Waals surface area contributed by atoms with Gasteiger partial charge in [0, 0.05) is 32.6 Å². The molecule has 2 atom stereocenters. The summed E-state index contributed by atoms with van der Waals surface area (Å²) < 4.78 is 27.7. The topological polar surface area (TPSA) is 86.8 Å². The second-order valence-corrected chi connectivity index (χ2v) is 13.5. The molecule has 0 aliphatic heterocycles. The van der Waals surface area contributed by atoms with Crippen LogP contribution in [0, 0.1) is 3.57 Å². The van der Waals surface area contributed by atoms with E-state index in [1.54, 1.807) is 42.5 Å². The van der Waals surface area contributed by atoms with Gasteiger partial charge in [-0.1, -0.05) is 66.5 Å². The third-order valence-corrected chi connectivity index (χ3v) is 8.87. The Morgan fingerprint density at radius 2 is 1.65 bits per heavy atom. The molecular weight excluding hydrogens is 684 g/mol. The van der Waals surface area contributed by atoms with Crippen LogP contribution in [-0.2, 0) is 32.6 Å². The highest BCUT2D eigenvalue weighted by Gasteiger charge is 2.33. The number of hydrogen-bond acceptors (Lipinski definition) is 4. The van der Waals surface area contributed by atoms with Crippen LogP contribution >= 0.6 is 45.8 Å². The number of carbonyl (C=O) groups excluding carboxylic acids is 2. The number of hydrogen-bond donors (Lipinski definition) is 1. The number of anilines is 1. The maximum absolute atomic E-state index is 14.1. The van der Waals surface area contributed by atoms with E-state index in [4.69, 9.17) is 23.2 Å². The molecule has 0 aliphatic rings. The Hall–Kier alpha value is -2.34. The highest BCUT2D eigenvalue weighted by atomic mass is 127. The van der Waals surface area contributed by atoms with Gasteiger partial charge in [0.05, 0.1) is 11.9 Å². The largest absolute Gasteiger partial charge is 0.352 e. The van der Waals surface area contributed by atoms with Crippen LogP contribution in [0.1, 0.15) is 31.4 Å². The average molecular weight is 716 g/mol. The van der Waals surface area contributed by atoms with E-state index in [2.05, 4.69) is 27.9 Å². The maximum Gasteiger partial charge on any atom is 0.244 e. The van der Waals surface area contributed by atoms with Crippen molar-refractivity contribution in [2.24, 2.45) is 0 Å². The molecule has 2 amide bonds. The Morgan fingerprint density at radius 1 is 1.00 bits per heavy atom. The van der Waals surface area contributed by atoms with Gasteiger partial charge < -0.3 is 10.2 Å². The van der Waals surface area contributed by atoms with Crippen LogP contribution in [0.5, 0.6) is 0 Å². The van der Waals surface area contributed by atoms with Crippen LogP contribution in [0.4, 0.5) is 5.69 Å². The van der Waals surface area contributed by atoms with Crippen molar-refractivity contribution in [1.82, 2.24) is 10.2 Å².